The van der Waals surface area contributed by atoms with Gasteiger partial charge in [0.05, 0.1) is 6.04 Å². The highest BCUT2D eigenvalue weighted by molar-refractivity contribution is 5.82. The van der Waals surface area contributed by atoms with Crippen LogP contribution in [0.25, 0.3) is 0 Å². The van der Waals surface area contributed by atoms with Gasteiger partial charge in [0.15, 0.2) is 0 Å². The number of hydrogen-bond acceptors (Lipinski definition) is 3. The molecule has 1 N–H and O–H groups in total. The van der Waals surface area contributed by atoms with Crippen LogP contribution in [-0.2, 0) is 4.79 Å². The summed E-state index contributed by atoms with van der Waals surface area (Å²) in [6.45, 7) is 2.81. The van der Waals surface area contributed by atoms with E-state index in [-0.39, 0.29) is 11.6 Å². The average Bonchev–Trinajstić information content (AvgIpc) is 2.57. The van der Waals surface area contributed by atoms with Crippen LogP contribution in [0.5, 0.6) is 0 Å². The fraction of sp³-hybridized carbons (Fsp3) is 0.923. The lowest BCUT2D eigenvalue weighted by Crippen LogP contribution is -2.63. The van der Waals surface area contributed by atoms with Crippen LogP contribution < -0.4 is 5.32 Å². The number of likely N-dealkylation sites (tertiary alicyclic amines) is 1. The number of carbonyl (C=O) groups is 1. The van der Waals surface area contributed by atoms with Crippen molar-refractivity contribution in [3.05, 3.63) is 0 Å². The molecule has 0 aromatic carbocycles. The normalized spacial score (nSPS) is 47.8. The van der Waals surface area contributed by atoms with Crippen molar-refractivity contribution >= 4 is 5.78 Å². The van der Waals surface area contributed by atoms with Crippen molar-refractivity contribution in [3.63, 3.8) is 0 Å². The minimum Gasteiger partial charge on any atom is -0.307 e. The van der Waals surface area contributed by atoms with E-state index in [1.165, 1.54) is 25.7 Å². The van der Waals surface area contributed by atoms with Crippen molar-refractivity contribution in [1.29, 1.82) is 0 Å². The summed E-state index contributed by atoms with van der Waals surface area (Å²) in [5, 5.41) is 3.85. The molecule has 16 heavy (non-hydrogen) atoms. The molecule has 0 aromatic rings. The summed E-state index contributed by atoms with van der Waals surface area (Å²) in [6.07, 6.45) is 6.48. The molecule has 3 heterocycles. The molecule has 90 valence electrons. The predicted octanol–water partition coefficient (Wildman–Crippen LogP) is 1.18. The Kier molecular flexibility index (Phi) is 2.37. The van der Waals surface area contributed by atoms with Crippen molar-refractivity contribution < 1.29 is 4.79 Å². The van der Waals surface area contributed by atoms with Gasteiger partial charge in [-0.25, -0.2) is 0 Å². The van der Waals surface area contributed by atoms with E-state index in [1.54, 1.807) is 6.92 Å². The van der Waals surface area contributed by atoms with Crippen molar-refractivity contribution in [3.8, 4) is 0 Å². The topological polar surface area (TPSA) is 32.3 Å². The summed E-state index contributed by atoms with van der Waals surface area (Å²) < 4.78 is 0. The quantitative estimate of drug-likeness (QED) is 0.723. The van der Waals surface area contributed by atoms with Gasteiger partial charge in [0.25, 0.3) is 0 Å². The lowest BCUT2D eigenvalue weighted by molar-refractivity contribution is -0.120. The number of nitrogens with one attached hydrogen (secondary N) is 1. The van der Waals surface area contributed by atoms with Gasteiger partial charge >= 0.3 is 0 Å². The van der Waals surface area contributed by atoms with E-state index in [1.807, 2.05) is 0 Å². The fourth-order valence-electron chi connectivity index (χ4n) is 4.29. The number of hydrogen-bond donors (Lipinski definition) is 1. The monoisotopic (exact) mass is 222 g/mol. The van der Waals surface area contributed by atoms with Gasteiger partial charge in [-0.05, 0) is 52.0 Å². The van der Waals surface area contributed by atoms with Crippen LogP contribution in [0.4, 0.5) is 0 Å². The molecule has 0 radical (unpaired) electrons. The number of Topliss-reactive ketones (excluding diaryl/α,β-unsaturated/α-hetero) is 1. The van der Waals surface area contributed by atoms with Gasteiger partial charge in [-0.2, -0.15) is 0 Å². The molecule has 2 bridgehead atoms. The van der Waals surface area contributed by atoms with Crippen molar-refractivity contribution in [2.24, 2.45) is 5.92 Å². The summed E-state index contributed by atoms with van der Waals surface area (Å²) in [7, 11) is 2.10. The molecule has 3 nitrogen and oxygen atoms in total. The first-order valence-corrected chi connectivity index (χ1v) is 6.59. The number of ketones is 1. The Morgan fingerprint density at radius 3 is 2.44 bits per heavy atom. The van der Waals surface area contributed by atoms with E-state index in [0.29, 0.717) is 5.78 Å². The second kappa shape index (κ2) is 3.54. The van der Waals surface area contributed by atoms with Gasteiger partial charge in [0.1, 0.15) is 5.78 Å². The summed E-state index contributed by atoms with van der Waals surface area (Å²) in [5.74, 6) is 1.15. The third-order valence-electron chi connectivity index (χ3n) is 5.09. The maximum absolute atomic E-state index is 11.6. The van der Waals surface area contributed by atoms with Crippen LogP contribution in [0, 0.1) is 5.92 Å². The van der Waals surface area contributed by atoms with Crippen molar-refractivity contribution in [2.75, 3.05) is 13.6 Å². The summed E-state index contributed by atoms with van der Waals surface area (Å²) in [5.41, 5.74) is 0.270. The Morgan fingerprint density at radius 2 is 2.00 bits per heavy atom. The average molecular weight is 222 g/mol. The van der Waals surface area contributed by atoms with Crippen LogP contribution in [0.3, 0.4) is 0 Å². The standard InChI is InChI=1S/C13H22N2O/c1-9(16)12-7-13(8-15(12)2)10-3-5-11(14-13)6-4-10/h10-12,14H,3-8H2,1-2H3. The molecular weight excluding hydrogens is 200 g/mol. The van der Waals surface area contributed by atoms with Gasteiger partial charge in [-0.15, -0.1) is 0 Å². The van der Waals surface area contributed by atoms with Gasteiger partial charge < -0.3 is 5.32 Å². The summed E-state index contributed by atoms with van der Waals surface area (Å²) in [6, 6.07) is 0.885. The Bertz CT molecular complexity index is 309. The Labute approximate surface area is 97.6 Å². The minimum atomic E-state index is 0.159. The highest BCUT2D eigenvalue weighted by Gasteiger charge is 2.53. The number of carbonyl (C=O) groups excluding carboxylic acids is 1. The summed E-state index contributed by atoms with van der Waals surface area (Å²) in [4.78, 5) is 13.9. The molecule has 3 aliphatic heterocycles. The molecule has 4 fully saturated rings. The van der Waals surface area contributed by atoms with Crippen LogP contribution in [0.15, 0.2) is 0 Å². The maximum atomic E-state index is 11.6. The van der Waals surface area contributed by atoms with Gasteiger partial charge in [-0.3, -0.25) is 9.69 Å². The van der Waals surface area contributed by atoms with E-state index in [4.69, 9.17) is 0 Å². The zero-order valence-corrected chi connectivity index (χ0v) is 10.3. The lowest BCUT2D eigenvalue weighted by Gasteiger charge is -2.51. The Balaban J connectivity index is 1.83. The van der Waals surface area contributed by atoms with E-state index in [9.17, 15) is 4.79 Å². The molecule has 2 atom stereocenters. The third-order valence-corrected chi connectivity index (χ3v) is 5.09. The number of fused-ring (bicyclic) bond motifs is 2. The maximum Gasteiger partial charge on any atom is 0.146 e. The molecule has 1 saturated carbocycles. The zero-order chi connectivity index (χ0) is 11.3. The number of piperidine rings is 2. The molecule has 4 rings (SSSR count). The molecule has 3 saturated heterocycles. The highest BCUT2D eigenvalue weighted by Crippen LogP contribution is 2.45. The van der Waals surface area contributed by atoms with Crippen molar-refractivity contribution in [2.45, 2.75) is 56.7 Å². The second-order valence-corrected chi connectivity index (χ2v) is 6.09. The molecule has 2 unspecified atom stereocenters. The van der Waals surface area contributed by atoms with Crippen LogP contribution in [-0.4, -0.2) is 41.9 Å². The number of nitrogens with zero attached hydrogens (tertiary/aromatic N) is 1. The zero-order valence-electron chi connectivity index (χ0n) is 10.3. The molecule has 1 aliphatic carbocycles. The smallest absolute Gasteiger partial charge is 0.146 e. The van der Waals surface area contributed by atoms with E-state index >= 15 is 0 Å². The van der Waals surface area contributed by atoms with Gasteiger partial charge in [-0.1, -0.05) is 0 Å². The highest BCUT2D eigenvalue weighted by atomic mass is 16.1. The Morgan fingerprint density at radius 1 is 1.31 bits per heavy atom. The van der Waals surface area contributed by atoms with E-state index in [0.717, 1.165) is 24.9 Å². The van der Waals surface area contributed by atoms with Crippen LogP contribution in [0.2, 0.25) is 0 Å². The third kappa shape index (κ3) is 1.45. The minimum absolute atomic E-state index is 0.159. The molecular formula is C13H22N2O. The molecule has 1 spiro atoms. The van der Waals surface area contributed by atoms with Crippen LogP contribution >= 0.6 is 0 Å². The van der Waals surface area contributed by atoms with Gasteiger partial charge in [0.2, 0.25) is 0 Å². The molecule has 0 aromatic heterocycles. The number of rotatable bonds is 1. The molecule has 3 heteroatoms. The van der Waals surface area contributed by atoms with E-state index in [2.05, 4.69) is 17.3 Å². The largest absolute Gasteiger partial charge is 0.307 e. The first-order valence-electron chi connectivity index (χ1n) is 6.59. The molecule has 0 amide bonds. The van der Waals surface area contributed by atoms with Crippen LogP contribution in [0.1, 0.15) is 39.0 Å². The van der Waals surface area contributed by atoms with Crippen molar-refractivity contribution in [1.82, 2.24) is 10.2 Å². The number of likely N-dealkylation sites (N-methyl/N-ethyl adjacent to an activating group) is 1. The SMILES string of the molecule is CC(=O)C1CC2(CN1C)NC1CCC2CC1. The molecule has 4 aliphatic rings. The Hall–Kier alpha value is -0.410. The first-order chi connectivity index (χ1) is 7.61. The summed E-state index contributed by atoms with van der Waals surface area (Å²) >= 11 is 0. The second-order valence-electron chi connectivity index (χ2n) is 6.09. The predicted molar refractivity (Wildman–Crippen MR) is 63.3 cm³/mol. The van der Waals surface area contributed by atoms with Gasteiger partial charge in [0, 0.05) is 18.1 Å². The van der Waals surface area contributed by atoms with E-state index < -0.39 is 0 Å². The lowest BCUT2D eigenvalue weighted by atomic mass is 9.67. The first kappa shape index (κ1) is 10.7. The fourth-order valence-corrected chi connectivity index (χ4v) is 4.29.